The molecule has 0 unspecified atom stereocenters. The van der Waals surface area contributed by atoms with E-state index in [1.54, 1.807) is 7.11 Å². The van der Waals surface area contributed by atoms with Gasteiger partial charge in [0.05, 0.1) is 24.6 Å². The van der Waals surface area contributed by atoms with Gasteiger partial charge in [0.2, 0.25) is 5.91 Å². The van der Waals surface area contributed by atoms with Crippen LogP contribution >= 0.6 is 15.9 Å². The average molecular weight is 402 g/mol. The zero-order chi connectivity index (χ0) is 17.9. The lowest BCUT2D eigenvalue weighted by atomic mass is 10.1. The van der Waals surface area contributed by atoms with Gasteiger partial charge in [0.1, 0.15) is 0 Å². The summed E-state index contributed by atoms with van der Waals surface area (Å²) in [6.45, 7) is 3.16. The van der Waals surface area contributed by atoms with E-state index in [0.29, 0.717) is 31.1 Å². The van der Waals surface area contributed by atoms with E-state index in [4.69, 9.17) is 14.6 Å². The van der Waals surface area contributed by atoms with Crippen LogP contribution in [0.1, 0.15) is 38.2 Å². The number of hydrogen-bond acceptors (Lipinski definition) is 4. The SMILES string of the molecule is CCCCOc1c(Br)cc(CCNC(=O)CCC(=O)O)cc1OC. The fourth-order valence-corrected chi connectivity index (χ4v) is 2.64. The second-order valence-electron chi connectivity index (χ2n) is 5.30. The molecule has 6 nitrogen and oxygen atoms in total. The number of methoxy groups -OCH3 is 1. The van der Waals surface area contributed by atoms with Crippen LogP contribution in [-0.2, 0) is 16.0 Å². The predicted octanol–water partition coefficient (Wildman–Crippen LogP) is 3.16. The maximum atomic E-state index is 11.5. The highest BCUT2D eigenvalue weighted by Gasteiger charge is 2.12. The van der Waals surface area contributed by atoms with E-state index in [-0.39, 0.29) is 18.7 Å². The zero-order valence-electron chi connectivity index (χ0n) is 14.1. The van der Waals surface area contributed by atoms with Gasteiger partial charge in [0.25, 0.3) is 0 Å². The van der Waals surface area contributed by atoms with Gasteiger partial charge in [-0.25, -0.2) is 0 Å². The number of rotatable bonds is 11. The number of halogens is 1. The molecule has 0 radical (unpaired) electrons. The molecule has 0 spiro atoms. The molecule has 0 saturated heterocycles. The lowest BCUT2D eigenvalue weighted by molar-refractivity contribution is -0.138. The zero-order valence-corrected chi connectivity index (χ0v) is 15.6. The van der Waals surface area contributed by atoms with E-state index >= 15 is 0 Å². The van der Waals surface area contributed by atoms with Gasteiger partial charge in [-0.05, 0) is 46.5 Å². The standard InChI is InChI=1S/C17H24BrNO5/c1-3-4-9-24-17-13(18)10-12(11-14(17)23-2)7-8-19-15(20)5-6-16(21)22/h10-11H,3-9H2,1-2H3,(H,19,20)(H,21,22). The molecule has 0 aliphatic heterocycles. The molecule has 1 amide bonds. The van der Waals surface area contributed by atoms with Gasteiger partial charge in [-0.2, -0.15) is 0 Å². The Labute approximate surface area is 150 Å². The molecule has 0 fully saturated rings. The predicted molar refractivity (Wildman–Crippen MR) is 94.7 cm³/mol. The van der Waals surface area contributed by atoms with Crippen LogP contribution in [0.25, 0.3) is 0 Å². The van der Waals surface area contributed by atoms with Crippen LogP contribution in [0.4, 0.5) is 0 Å². The summed E-state index contributed by atoms with van der Waals surface area (Å²) in [5.41, 5.74) is 0.986. The molecule has 2 N–H and O–H groups in total. The van der Waals surface area contributed by atoms with Crippen molar-refractivity contribution in [2.45, 2.75) is 39.0 Å². The second-order valence-corrected chi connectivity index (χ2v) is 6.16. The van der Waals surface area contributed by atoms with E-state index in [0.717, 1.165) is 22.9 Å². The topological polar surface area (TPSA) is 84.9 Å². The first-order valence-electron chi connectivity index (χ1n) is 7.95. The molecule has 0 saturated carbocycles. The molecule has 1 aromatic rings. The number of carbonyl (C=O) groups excluding carboxylic acids is 1. The maximum absolute atomic E-state index is 11.5. The minimum atomic E-state index is -0.975. The number of carboxylic acid groups (broad SMARTS) is 1. The average Bonchev–Trinajstić information content (AvgIpc) is 2.54. The molecular formula is C17H24BrNO5. The van der Waals surface area contributed by atoms with Crippen molar-refractivity contribution in [3.05, 3.63) is 22.2 Å². The molecule has 0 atom stereocenters. The van der Waals surface area contributed by atoms with E-state index in [9.17, 15) is 9.59 Å². The highest BCUT2D eigenvalue weighted by atomic mass is 79.9. The summed E-state index contributed by atoms with van der Waals surface area (Å²) in [6, 6.07) is 3.82. The Kier molecular flexibility index (Phi) is 9.22. The summed E-state index contributed by atoms with van der Waals surface area (Å²) in [6.07, 6.45) is 2.48. The molecule has 0 aliphatic rings. The Morgan fingerprint density at radius 3 is 2.67 bits per heavy atom. The molecule has 0 aliphatic carbocycles. The lowest BCUT2D eigenvalue weighted by Gasteiger charge is -2.14. The Bertz CT molecular complexity index is 562. The first-order valence-corrected chi connectivity index (χ1v) is 8.75. The van der Waals surface area contributed by atoms with Gasteiger partial charge >= 0.3 is 5.97 Å². The number of amides is 1. The summed E-state index contributed by atoms with van der Waals surface area (Å²) in [5.74, 6) is 0.0910. The van der Waals surface area contributed by atoms with E-state index in [1.165, 1.54) is 0 Å². The van der Waals surface area contributed by atoms with Crippen LogP contribution in [0.2, 0.25) is 0 Å². The van der Waals surface area contributed by atoms with Crippen LogP contribution in [0, 0.1) is 0 Å². The number of benzene rings is 1. The highest BCUT2D eigenvalue weighted by Crippen LogP contribution is 2.36. The largest absolute Gasteiger partial charge is 0.493 e. The fraction of sp³-hybridized carbons (Fsp3) is 0.529. The summed E-state index contributed by atoms with van der Waals surface area (Å²) >= 11 is 3.49. The summed E-state index contributed by atoms with van der Waals surface area (Å²) < 4.78 is 11.9. The Morgan fingerprint density at radius 2 is 2.04 bits per heavy atom. The molecule has 1 aromatic carbocycles. The van der Waals surface area contributed by atoms with Crippen molar-refractivity contribution in [2.24, 2.45) is 0 Å². The number of hydrogen-bond donors (Lipinski definition) is 2. The molecule has 0 aromatic heterocycles. The van der Waals surface area contributed by atoms with Gasteiger partial charge in [0.15, 0.2) is 11.5 Å². The Morgan fingerprint density at radius 1 is 1.29 bits per heavy atom. The maximum Gasteiger partial charge on any atom is 0.303 e. The van der Waals surface area contributed by atoms with Crippen LogP contribution in [0.15, 0.2) is 16.6 Å². The lowest BCUT2D eigenvalue weighted by Crippen LogP contribution is -2.26. The third-order valence-corrected chi connectivity index (χ3v) is 3.92. The Hall–Kier alpha value is -1.76. The van der Waals surface area contributed by atoms with Crippen LogP contribution in [0.5, 0.6) is 11.5 Å². The first-order chi connectivity index (χ1) is 11.5. The number of ether oxygens (including phenoxy) is 2. The van der Waals surface area contributed by atoms with Gasteiger partial charge in [-0.15, -0.1) is 0 Å². The van der Waals surface area contributed by atoms with Crippen LogP contribution < -0.4 is 14.8 Å². The number of unbranched alkanes of at least 4 members (excludes halogenated alkanes) is 1. The summed E-state index contributed by atoms with van der Waals surface area (Å²) in [4.78, 5) is 21.9. The summed E-state index contributed by atoms with van der Waals surface area (Å²) in [5, 5.41) is 11.3. The summed E-state index contributed by atoms with van der Waals surface area (Å²) in [7, 11) is 1.59. The van der Waals surface area contributed by atoms with Gasteiger partial charge in [-0.3, -0.25) is 9.59 Å². The van der Waals surface area contributed by atoms with Crippen molar-refractivity contribution < 1.29 is 24.2 Å². The smallest absolute Gasteiger partial charge is 0.303 e. The molecule has 1 rings (SSSR count). The van der Waals surface area contributed by atoms with Crippen LogP contribution in [0.3, 0.4) is 0 Å². The first kappa shape index (κ1) is 20.3. The van der Waals surface area contributed by atoms with Crippen molar-refractivity contribution in [1.29, 1.82) is 0 Å². The van der Waals surface area contributed by atoms with E-state index in [2.05, 4.69) is 28.2 Å². The molecular weight excluding hydrogens is 378 g/mol. The second kappa shape index (κ2) is 10.9. The van der Waals surface area contributed by atoms with E-state index < -0.39 is 5.97 Å². The van der Waals surface area contributed by atoms with Crippen molar-refractivity contribution in [3.63, 3.8) is 0 Å². The van der Waals surface area contributed by atoms with Crippen molar-refractivity contribution in [3.8, 4) is 11.5 Å². The highest BCUT2D eigenvalue weighted by molar-refractivity contribution is 9.10. The van der Waals surface area contributed by atoms with Crippen molar-refractivity contribution in [1.82, 2.24) is 5.32 Å². The van der Waals surface area contributed by atoms with E-state index in [1.807, 2.05) is 12.1 Å². The van der Waals surface area contributed by atoms with Crippen LogP contribution in [-0.4, -0.2) is 37.2 Å². The Balaban J connectivity index is 2.58. The third kappa shape index (κ3) is 7.21. The number of carboxylic acids is 1. The number of aliphatic carboxylic acids is 1. The molecule has 134 valence electrons. The normalized spacial score (nSPS) is 10.3. The van der Waals surface area contributed by atoms with Crippen molar-refractivity contribution >= 4 is 27.8 Å². The molecule has 7 heteroatoms. The van der Waals surface area contributed by atoms with Crippen molar-refractivity contribution in [2.75, 3.05) is 20.3 Å². The fourth-order valence-electron chi connectivity index (χ4n) is 2.03. The van der Waals surface area contributed by atoms with Gasteiger partial charge in [0, 0.05) is 13.0 Å². The minimum Gasteiger partial charge on any atom is -0.493 e. The number of carbonyl (C=O) groups is 2. The monoisotopic (exact) mass is 401 g/mol. The molecule has 0 bridgehead atoms. The van der Waals surface area contributed by atoms with Gasteiger partial charge in [-0.1, -0.05) is 13.3 Å². The van der Waals surface area contributed by atoms with Gasteiger partial charge < -0.3 is 19.9 Å². The molecule has 0 heterocycles. The molecule has 24 heavy (non-hydrogen) atoms. The number of nitrogens with one attached hydrogen (secondary N) is 1. The third-order valence-electron chi connectivity index (χ3n) is 3.34. The minimum absolute atomic E-state index is 0.00739. The quantitative estimate of drug-likeness (QED) is 0.556.